The van der Waals surface area contributed by atoms with Crippen molar-refractivity contribution in [1.82, 2.24) is 4.98 Å². The lowest BCUT2D eigenvalue weighted by Gasteiger charge is -2.43. The first kappa shape index (κ1) is 23.8. The molecule has 7 atom stereocenters. The molecule has 4 aliphatic rings. The molecule has 7 rings (SSSR count). The van der Waals surface area contributed by atoms with Crippen LogP contribution in [0.1, 0.15) is 28.3 Å². The topological polar surface area (TPSA) is 109 Å². The highest BCUT2D eigenvalue weighted by molar-refractivity contribution is 8.00. The SMILES string of the molecule is COc1cc([C@H]2c3sc(=O)[nH]c3SC3C4CC(C5C(=O)N(c6ccc(C)cc6)C(=O)C45)C32)cc(OC)c1O. The van der Waals surface area contributed by atoms with Gasteiger partial charge in [-0.25, -0.2) is 0 Å². The quantitative estimate of drug-likeness (QED) is 0.470. The lowest BCUT2D eigenvalue weighted by molar-refractivity contribution is -0.123. The molecule has 0 spiro atoms. The molecule has 1 aromatic heterocycles. The Labute approximate surface area is 227 Å². The van der Waals surface area contributed by atoms with Crippen molar-refractivity contribution in [3.63, 3.8) is 0 Å². The van der Waals surface area contributed by atoms with E-state index < -0.39 is 0 Å². The Morgan fingerprint density at radius 1 is 0.974 bits per heavy atom. The Morgan fingerprint density at radius 3 is 2.24 bits per heavy atom. The molecule has 196 valence electrons. The Kier molecular flexibility index (Phi) is 5.26. The summed E-state index contributed by atoms with van der Waals surface area (Å²) in [7, 11) is 2.98. The van der Waals surface area contributed by atoms with Gasteiger partial charge >= 0.3 is 4.87 Å². The second kappa shape index (κ2) is 8.38. The fourth-order valence-electron chi connectivity index (χ4n) is 7.43. The number of thioether (sulfide) groups is 1. The summed E-state index contributed by atoms with van der Waals surface area (Å²) in [4.78, 5) is 45.3. The van der Waals surface area contributed by atoms with Crippen molar-refractivity contribution in [3.05, 3.63) is 62.1 Å². The number of anilines is 1. The number of aromatic nitrogens is 1. The Bertz CT molecular complexity index is 1520. The van der Waals surface area contributed by atoms with Crippen LogP contribution >= 0.6 is 23.1 Å². The third-order valence-corrected chi connectivity index (χ3v) is 11.5. The third-order valence-electron chi connectivity index (χ3n) is 8.88. The van der Waals surface area contributed by atoms with Gasteiger partial charge in [-0.05, 0) is 60.9 Å². The minimum atomic E-state index is -0.378. The molecule has 38 heavy (non-hydrogen) atoms. The van der Waals surface area contributed by atoms with Gasteiger partial charge in [0.2, 0.25) is 17.6 Å². The van der Waals surface area contributed by atoms with Gasteiger partial charge in [0.15, 0.2) is 11.5 Å². The van der Waals surface area contributed by atoms with Crippen LogP contribution in [0.3, 0.4) is 0 Å². The van der Waals surface area contributed by atoms with Crippen molar-refractivity contribution in [2.24, 2.45) is 29.6 Å². The minimum Gasteiger partial charge on any atom is -0.502 e. The number of hydrogen-bond donors (Lipinski definition) is 2. The molecule has 6 unspecified atom stereocenters. The van der Waals surface area contributed by atoms with Gasteiger partial charge in [-0.15, -0.1) is 11.8 Å². The molecule has 2 aliphatic carbocycles. The standard InChI is InChI=1S/C28H26N2O6S2/c1-11-4-6-13(7-5-11)30-26(32)20-14-10-15(21(20)27(30)33)23-19(14)18(24-25(37-23)29-28(34)38-24)12-8-16(35-2)22(31)17(9-12)36-3/h4-9,14-15,18-21,23,31H,10H2,1-3H3,(H,29,34)/t14?,15?,18-,19?,20?,21?,23?/m1/s1. The zero-order valence-electron chi connectivity index (χ0n) is 21.0. The lowest BCUT2D eigenvalue weighted by Crippen LogP contribution is -2.42. The molecule has 10 heteroatoms. The molecule has 2 N–H and O–H groups in total. The van der Waals surface area contributed by atoms with Gasteiger partial charge in [-0.1, -0.05) is 29.0 Å². The molecule has 8 nitrogen and oxygen atoms in total. The zero-order chi connectivity index (χ0) is 26.5. The van der Waals surface area contributed by atoms with E-state index in [1.807, 2.05) is 31.2 Å². The molecule has 1 saturated heterocycles. The molecule has 3 aromatic rings. The van der Waals surface area contributed by atoms with Crippen LogP contribution in [0.25, 0.3) is 0 Å². The van der Waals surface area contributed by atoms with Crippen molar-refractivity contribution in [2.75, 3.05) is 19.1 Å². The highest BCUT2D eigenvalue weighted by Crippen LogP contribution is 2.69. The number of nitrogens with zero attached hydrogens (tertiary/aromatic N) is 1. The van der Waals surface area contributed by atoms with Gasteiger partial charge in [0, 0.05) is 16.0 Å². The summed E-state index contributed by atoms with van der Waals surface area (Å²) in [6.07, 6.45) is 0.804. The highest BCUT2D eigenvalue weighted by atomic mass is 32.2. The predicted molar refractivity (Wildman–Crippen MR) is 143 cm³/mol. The molecule has 0 radical (unpaired) electrons. The highest BCUT2D eigenvalue weighted by Gasteiger charge is 2.69. The predicted octanol–water partition coefficient (Wildman–Crippen LogP) is 4.15. The smallest absolute Gasteiger partial charge is 0.305 e. The number of ether oxygens (including phenoxy) is 2. The van der Waals surface area contributed by atoms with Crippen molar-refractivity contribution in [2.45, 2.75) is 29.5 Å². The first-order valence-corrected chi connectivity index (χ1v) is 14.3. The van der Waals surface area contributed by atoms with Gasteiger partial charge < -0.3 is 19.6 Å². The number of aromatic amines is 1. The number of H-pyrrole nitrogens is 1. The van der Waals surface area contributed by atoms with Crippen molar-refractivity contribution in [1.29, 1.82) is 0 Å². The average molecular weight is 551 g/mol. The average Bonchev–Trinajstić information content (AvgIpc) is 3.64. The van der Waals surface area contributed by atoms with Crippen molar-refractivity contribution in [3.8, 4) is 17.2 Å². The molecular formula is C28H26N2O6S2. The molecule has 3 heterocycles. The Hall–Kier alpha value is -3.24. The third kappa shape index (κ3) is 3.13. The maximum atomic E-state index is 13.9. The maximum Gasteiger partial charge on any atom is 0.305 e. The van der Waals surface area contributed by atoms with Crippen LogP contribution in [0.15, 0.2) is 46.2 Å². The summed E-state index contributed by atoms with van der Waals surface area (Å²) in [6.45, 7) is 1.98. The lowest BCUT2D eigenvalue weighted by atomic mass is 9.68. The summed E-state index contributed by atoms with van der Waals surface area (Å²) in [5.41, 5.74) is 2.56. The number of benzene rings is 2. The number of aryl methyl sites for hydroxylation is 1. The molecule has 2 amide bonds. The molecule has 3 fully saturated rings. The normalized spacial score (nSPS) is 30.8. The number of hydrogen-bond acceptors (Lipinski definition) is 8. The Balaban J connectivity index is 1.34. The maximum absolute atomic E-state index is 13.9. The number of methoxy groups -OCH3 is 2. The minimum absolute atomic E-state index is 0.00413. The van der Waals surface area contributed by atoms with E-state index in [2.05, 4.69) is 4.98 Å². The number of carbonyl (C=O) groups excluding carboxylic acids is 2. The van der Waals surface area contributed by atoms with Crippen LogP contribution in [0.4, 0.5) is 5.69 Å². The van der Waals surface area contributed by atoms with Crippen molar-refractivity contribution >= 4 is 40.6 Å². The zero-order valence-corrected chi connectivity index (χ0v) is 22.6. The second-order valence-corrected chi connectivity index (χ2v) is 12.8. The second-order valence-electron chi connectivity index (χ2n) is 10.6. The monoisotopic (exact) mass is 550 g/mol. The molecular weight excluding hydrogens is 524 g/mol. The van der Waals surface area contributed by atoms with E-state index in [0.717, 1.165) is 27.5 Å². The van der Waals surface area contributed by atoms with Crippen LogP contribution < -0.4 is 19.2 Å². The van der Waals surface area contributed by atoms with Gasteiger partial charge in [0.1, 0.15) is 0 Å². The van der Waals surface area contributed by atoms with E-state index >= 15 is 0 Å². The van der Waals surface area contributed by atoms with E-state index in [4.69, 9.17) is 9.47 Å². The van der Waals surface area contributed by atoms with Crippen LogP contribution in [0.2, 0.25) is 0 Å². The van der Waals surface area contributed by atoms with Gasteiger partial charge in [-0.3, -0.25) is 19.3 Å². The van der Waals surface area contributed by atoms with Crippen molar-refractivity contribution < 1.29 is 24.2 Å². The number of carbonyl (C=O) groups is 2. The van der Waals surface area contributed by atoms with Gasteiger partial charge in [0.05, 0.1) is 36.8 Å². The van der Waals surface area contributed by atoms with E-state index in [-0.39, 0.29) is 74.7 Å². The van der Waals surface area contributed by atoms with E-state index in [1.165, 1.54) is 30.5 Å². The molecule has 2 bridgehead atoms. The fraction of sp³-hybridized carbons (Fsp3) is 0.393. The number of phenols is 1. The van der Waals surface area contributed by atoms with E-state index in [0.29, 0.717) is 5.69 Å². The number of amides is 2. The number of rotatable bonds is 4. The van der Waals surface area contributed by atoms with Crippen LogP contribution in [0, 0.1) is 36.5 Å². The van der Waals surface area contributed by atoms with Gasteiger partial charge in [-0.2, -0.15) is 0 Å². The van der Waals surface area contributed by atoms with Crippen LogP contribution in [-0.2, 0) is 9.59 Å². The van der Waals surface area contributed by atoms with Gasteiger partial charge in [0.25, 0.3) is 0 Å². The molecule has 2 saturated carbocycles. The fourth-order valence-corrected chi connectivity index (χ4v) is 10.3. The summed E-state index contributed by atoms with van der Waals surface area (Å²) in [6, 6.07) is 11.1. The first-order chi connectivity index (χ1) is 18.3. The number of nitrogens with one attached hydrogen (secondary N) is 1. The first-order valence-electron chi connectivity index (χ1n) is 12.6. The van der Waals surface area contributed by atoms with Crippen LogP contribution in [0.5, 0.6) is 17.2 Å². The Morgan fingerprint density at radius 2 is 1.61 bits per heavy atom. The number of imide groups is 1. The number of phenolic OH excluding ortho intramolecular Hbond substituents is 1. The van der Waals surface area contributed by atoms with E-state index in [1.54, 1.807) is 23.9 Å². The summed E-state index contributed by atoms with van der Waals surface area (Å²) >= 11 is 2.83. The molecule has 2 aliphatic heterocycles. The number of fused-ring (bicyclic) bond motifs is 9. The van der Waals surface area contributed by atoms with Crippen LogP contribution in [-0.4, -0.2) is 41.4 Å². The summed E-state index contributed by atoms with van der Waals surface area (Å²) in [5, 5.41) is 11.5. The largest absolute Gasteiger partial charge is 0.502 e. The summed E-state index contributed by atoms with van der Waals surface area (Å²) in [5.74, 6) is -0.583. The molecule has 2 aromatic carbocycles. The van der Waals surface area contributed by atoms with E-state index in [9.17, 15) is 19.5 Å². The number of thiazole rings is 1. The number of aromatic hydroxyl groups is 1. The summed E-state index contributed by atoms with van der Waals surface area (Å²) < 4.78 is 10.9.